The number of sulfonamides is 1. The summed E-state index contributed by atoms with van der Waals surface area (Å²) in [5, 5.41) is 6.28. The molecule has 1 aromatic carbocycles. The monoisotopic (exact) mass is 277 g/mol. The topological polar surface area (TPSA) is 74.8 Å². The SMILES string of the molecule is O=S(=O)(NC1CCc2ccccc2C1)c1ccn[nH]1. The van der Waals surface area contributed by atoms with Gasteiger partial charge in [0.25, 0.3) is 10.0 Å². The van der Waals surface area contributed by atoms with Crippen LogP contribution in [0.3, 0.4) is 0 Å². The van der Waals surface area contributed by atoms with Crippen LogP contribution in [0.4, 0.5) is 0 Å². The van der Waals surface area contributed by atoms with Crippen molar-refractivity contribution in [1.82, 2.24) is 14.9 Å². The van der Waals surface area contributed by atoms with Gasteiger partial charge in [0.1, 0.15) is 0 Å². The summed E-state index contributed by atoms with van der Waals surface area (Å²) in [4.78, 5) is 0. The van der Waals surface area contributed by atoms with E-state index < -0.39 is 10.0 Å². The second-order valence-corrected chi connectivity index (χ2v) is 6.43. The molecule has 1 aliphatic carbocycles. The molecule has 5 nitrogen and oxygen atoms in total. The van der Waals surface area contributed by atoms with Crippen LogP contribution in [0.25, 0.3) is 0 Å². The van der Waals surface area contributed by atoms with Crippen LogP contribution < -0.4 is 4.72 Å². The maximum atomic E-state index is 12.1. The van der Waals surface area contributed by atoms with E-state index >= 15 is 0 Å². The van der Waals surface area contributed by atoms with Crippen LogP contribution >= 0.6 is 0 Å². The third-order valence-electron chi connectivity index (χ3n) is 3.43. The Balaban J connectivity index is 1.76. The lowest BCUT2D eigenvalue weighted by Gasteiger charge is -2.24. The van der Waals surface area contributed by atoms with Gasteiger partial charge in [-0.1, -0.05) is 24.3 Å². The van der Waals surface area contributed by atoms with Crippen LogP contribution in [0.1, 0.15) is 17.5 Å². The second-order valence-electron chi connectivity index (χ2n) is 4.75. The van der Waals surface area contributed by atoms with Crippen LogP contribution in [-0.4, -0.2) is 24.7 Å². The van der Waals surface area contributed by atoms with Gasteiger partial charge < -0.3 is 0 Å². The lowest BCUT2D eigenvalue weighted by Crippen LogP contribution is -2.38. The number of hydrogen-bond acceptors (Lipinski definition) is 3. The molecule has 1 unspecified atom stereocenters. The van der Waals surface area contributed by atoms with Crippen molar-refractivity contribution in [3.8, 4) is 0 Å². The Hall–Kier alpha value is -1.66. The predicted octanol–water partition coefficient (Wildman–Crippen LogP) is 1.25. The number of nitrogens with zero attached hydrogens (tertiary/aromatic N) is 1. The molecule has 1 atom stereocenters. The molecule has 0 fully saturated rings. The van der Waals surface area contributed by atoms with Gasteiger partial charge in [0.2, 0.25) is 0 Å². The van der Waals surface area contributed by atoms with E-state index in [2.05, 4.69) is 27.1 Å². The summed E-state index contributed by atoms with van der Waals surface area (Å²) in [6.07, 6.45) is 3.91. The molecule has 0 aliphatic heterocycles. The molecule has 0 saturated carbocycles. The molecule has 0 amide bonds. The van der Waals surface area contributed by atoms with Crippen molar-refractivity contribution in [2.24, 2.45) is 0 Å². The fourth-order valence-electron chi connectivity index (χ4n) is 2.47. The second kappa shape index (κ2) is 4.79. The van der Waals surface area contributed by atoms with Gasteiger partial charge in [-0.2, -0.15) is 5.10 Å². The average molecular weight is 277 g/mol. The van der Waals surface area contributed by atoms with Crippen molar-refractivity contribution in [3.63, 3.8) is 0 Å². The Morgan fingerprint density at radius 3 is 2.74 bits per heavy atom. The van der Waals surface area contributed by atoms with Gasteiger partial charge in [0.05, 0.1) is 6.20 Å². The Morgan fingerprint density at radius 1 is 1.21 bits per heavy atom. The number of H-pyrrole nitrogens is 1. The highest BCUT2D eigenvalue weighted by molar-refractivity contribution is 7.89. The van der Waals surface area contributed by atoms with E-state index in [0.717, 1.165) is 19.3 Å². The molecule has 0 radical (unpaired) electrons. The van der Waals surface area contributed by atoms with Crippen LogP contribution in [0.5, 0.6) is 0 Å². The minimum Gasteiger partial charge on any atom is -0.266 e. The fraction of sp³-hybridized carbons (Fsp3) is 0.308. The lowest BCUT2D eigenvalue weighted by atomic mass is 9.89. The number of benzene rings is 1. The van der Waals surface area contributed by atoms with Crippen molar-refractivity contribution in [1.29, 1.82) is 0 Å². The van der Waals surface area contributed by atoms with Crippen molar-refractivity contribution in [2.75, 3.05) is 0 Å². The number of aromatic nitrogens is 2. The molecule has 2 aromatic rings. The Labute approximate surface area is 112 Å². The Bertz CT molecular complexity index is 665. The molecule has 0 spiro atoms. The number of aromatic amines is 1. The van der Waals surface area contributed by atoms with Crippen molar-refractivity contribution in [2.45, 2.75) is 30.3 Å². The number of nitrogens with one attached hydrogen (secondary N) is 2. The van der Waals surface area contributed by atoms with Crippen LogP contribution in [0.15, 0.2) is 41.6 Å². The predicted molar refractivity (Wildman–Crippen MR) is 71.2 cm³/mol. The third-order valence-corrected chi connectivity index (χ3v) is 4.88. The minimum absolute atomic E-state index is 0.0526. The van der Waals surface area contributed by atoms with E-state index in [0.29, 0.717) is 0 Å². The minimum atomic E-state index is -3.49. The Kier molecular flexibility index (Phi) is 3.12. The summed E-state index contributed by atoms with van der Waals surface area (Å²) in [6.45, 7) is 0. The van der Waals surface area contributed by atoms with E-state index in [-0.39, 0.29) is 11.1 Å². The highest BCUT2D eigenvalue weighted by atomic mass is 32.2. The molecule has 0 bridgehead atoms. The normalized spacial score (nSPS) is 19.1. The summed E-state index contributed by atoms with van der Waals surface area (Å²) in [7, 11) is -3.49. The third kappa shape index (κ3) is 2.54. The number of aryl methyl sites for hydroxylation is 1. The first-order valence-electron chi connectivity index (χ1n) is 6.24. The Morgan fingerprint density at radius 2 is 2.00 bits per heavy atom. The maximum Gasteiger partial charge on any atom is 0.257 e. The lowest BCUT2D eigenvalue weighted by molar-refractivity contribution is 0.505. The van der Waals surface area contributed by atoms with E-state index in [4.69, 9.17) is 0 Å². The molecule has 0 saturated heterocycles. The zero-order chi connectivity index (χ0) is 13.3. The van der Waals surface area contributed by atoms with Crippen LogP contribution in [0, 0.1) is 0 Å². The summed E-state index contributed by atoms with van der Waals surface area (Å²) < 4.78 is 26.9. The average Bonchev–Trinajstić information content (AvgIpc) is 2.93. The standard InChI is InChI=1S/C13H15N3O2S/c17-19(18,13-7-8-14-15-13)16-12-6-5-10-3-1-2-4-11(10)9-12/h1-4,7-8,12,16H,5-6,9H2,(H,14,15). The number of fused-ring (bicyclic) bond motifs is 1. The maximum absolute atomic E-state index is 12.1. The first-order chi connectivity index (χ1) is 9.15. The highest BCUT2D eigenvalue weighted by Gasteiger charge is 2.24. The van der Waals surface area contributed by atoms with E-state index in [1.165, 1.54) is 23.4 Å². The first-order valence-corrected chi connectivity index (χ1v) is 7.72. The van der Waals surface area contributed by atoms with Crippen LogP contribution in [-0.2, 0) is 22.9 Å². The molecule has 1 aromatic heterocycles. The molecule has 6 heteroatoms. The number of rotatable bonds is 3. The molecule has 2 N–H and O–H groups in total. The molecule has 19 heavy (non-hydrogen) atoms. The molecule has 100 valence electrons. The summed E-state index contributed by atoms with van der Waals surface area (Å²) >= 11 is 0. The van der Waals surface area contributed by atoms with E-state index in [9.17, 15) is 8.42 Å². The summed E-state index contributed by atoms with van der Waals surface area (Å²) in [5.74, 6) is 0. The molecule has 3 rings (SSSR count). The fourth-order valence-corrected chi connectivity index (χ4v) is 3.65. The number of hydrogen-bond donors (Lipinski definition) is 2. The largest absolute Gasteiger partial charge is 0.266 e. The van der Waals surface area contributed by atoms with Crippen molar-refractivity contribution < 1.29 is 8.42 Å². The molecule has 1 heterocycles. The smallest absolute Gasteiger partial charge is 0.257 e. The van der Waals surface area contributed by atoms with Crippen molar-refractivity contribution in [3.05, 3.63) is 47.7 Å². The molecule has 1 aliphatic rings. The highest BCUT2D eigenvalue weighted by Crippen LogP contribution is 2.22. The van der Waals surface area contributed by atoms with Gasteiger partial charge >= 0.3 is 0 Å². The van der Waals surface area contributed by atoms with Gasteiger partial charge in [-0.25, -0.2) is 13.1 Å². The van der Waals surface area contributed by atoms with Gasteiger partial charge in [0, 0.05) is 6.04 Å². The van der Waals surface area contributed by atoms with Crippen molar-refractivity contribution >= 4 is 10.0 Å². The van der Waals surface area contributed by atoms with E-state index in [1.54, 1.807) is 0 Å². The molecular weight excluding hydrogens is 262 g/mol. The van der Waals surface area contributed by atoms with Gasteiger partial charge in [-0.05, 0) is 36.5 Å². The zero-order valence-corrected chi connectivity index (χ0v) is 11.2. The summed E-state index contributed by atoms with van der Waals surface area (Å²) in [5.41, 5.74) is 2.55. The molecular formula is C13H15N3O2S. The van der Waals surface area contributed by atoms with Gasteiger partial charge in [0.15, 0.2) is 5.03 Å². The summed E-state index contributed by atoms with van der Waals surface area (Å²) in [6, 6.07) is 9.58. The first kappa shape index (κ1) is 12.4. The van der Waals surface area contributed by atoms with Crippen LogP contribution in [0.2, 0.25) is 0 Å². The zero-order valence-electron chi connectivity index (χ0n) is 10.3. The van der Waals surface area contributed by atoms with Gasteiger partial charge in [-0.3, -0.25) is 5.10 Å². The van der Waals surface area contributed by atoms with Gasteiger partial charge in [-0.15, -0.1) is 0 Å². The van der Waals surface area contributed by atoms with E-state index in [1.807, 2.05) is 12.1 Å². The quantitative estimate of drug-likeness (QED) is 0.886.